The molecule has 1 aromatic carbocycles. The van der Waals surface area contributed by atoms with Crippen LogP contribution in [0, 0.1) is 11.2 Å². The van der Waals surface area contributed by atoms with Gasteiger partial charge in [-0.15, -0.1) is 0 Å². The van der Waals surface area contributed by atoms with Gasteiger partial charge in [0.25, 0.3) is 0 Å². The zero-order valence-electron chi connectivity index (χ0n) is 9.81. The first kappa shape index (κ1) is 13.3. The van der Waals surface area contributed by atoms with Crippen molar-refractivity contribution < 1.29 is 9.13 Å². The Morgan fingerprint density at radius 3 is 2.69 bits per heavy atom. The normalized spacial score (nSPS) is 11.6. The summed E-state index contributed by atoms with van der Waals surface area (Å²) in [6.07, 6.45) is 0. The fourth-order valence-electron chi connectivity index (χ4n) is 1.37. The van der Waals surface area contributed by atoms with Crippen molar-refractivity contribution in [2.24, 2.45) is 5.41 Å². The Balaban J connectivity index is 2.57. The van der Waals surface area contributed by atoms with Gasteiger partial charge < -0.3 is 10.1 Å². The number of nitrogens with one attached hydrogen (secondary N) is 1. The standard InChI is InChI=1S/C12H17ClFNO/c1-12(2,7-15-3)8-16-9-4-5-11(14)10(13)6-9/h4-6,15H,7-8H2,1-3H3. The summed E-state index contributed by atoms with van der Waals surface area (Å²) >= 11 is 5.66. The van der Waals surface area contributed by atoms with Gasteiger partial charge in [0.1, 0.15) is 11.6 Å². The molecule has 0 amide bonds. The minimum atomic E-state index is -0.427. The van der Waals surface area contributed by atoms with E-state index in [9.17, 15) is 4.39 Å². The molecule has 0 spiro atoms. The summed E-state index contributed by atoms with van der Waals surface area (Å²) in [5, 5.41) is 3.19. The molecule has 2 nitrogen and oxygen atoms in total. The highest BCUT2D eigenvalue weighted by Gasteiger charge is 2.17. The minimum Gasteiger partial charge on any atom is -0.493 e. The summed E-state index contributed by atoms with van der Waals surface area (Å²) in [5.41, 5.74) is 0.0234. The zero-order valence-corrected chi connectivity index (χ0v) is 10.6. The lowest BCUT2D eigenvalue weighted by molar-refractivity contribution is 0.179. The first-order valence-electron chi connectivity index (χ1n) is 5.17. The van der Waals surface area contributed by atoms with Gasteiger partial charge in [-0.2, -0.15) is 0 Å². The Bertz CT molecular complexity index is 355. The Kier molecular flexibility index (Phi) is 4.56. The molecular weight excluding hydrogens is 229 g/mol. The lowest BCUT2D eigenvalue weighted by atomic mass is 9.95. The van der Waals surface area contributed by atoms with Crippen LogP contribution in [0.2, 0.25) is 5.02 Å². The highest BCUT2D eigenvalue weighted by molar-refractivity contribution is 6.30. The third-order valence-corrected chi connectivity index (χ3v) is 2.47. The van der Waals surface area contributed by atoms with Gasteiger partial charge >= 0.3 is 0 Å². The molecule has 0 atom stereocenters. The second kappa shape index (κ2) is 5.51. The van der Waals surface area contributed by atoms with E-state index >= 15 is 0 Å². The first-order valence-corrected chi connectivity index (χ1v) is 5.55. The molecule has 0 aliphatic heterocycles. The molecule has 4 heteroatoms. The van der Waals surface area contributed by atoms with Crippen LogP contribution >= 0.6 is 11.6 Å². The molecule has 0 saturated heterocycles. The van der Waals surface area contributed by atoms with Gasteiger partial charge in [0.05, 0.1) is 11.6 Å². The third-order valence-electron chi connectivity index (χ3n) is 2.18. The number of hydrogen-bond acceptors (Lipinski definition) is 2. The van der Waals surface area contributed by atoms with Crippen LogP contribution in [-0.4, -0.2) is 20.2 Å². The molecular formula is C12H17ClFNO. The maximum Gasteiger partial charge on any atom is 0.142 e. The second-order valence-corrected chi connectivity index (χ2v) is 4.97. The molecule has 0 aliphatic carbocycles. The van der Waals surface area contributed by atoms with Crippen molar-refractivity contribution in [2.75, 3.05) is 20.2 Å². The van der Waals surface area contributed by atoms with E-state index in [-0.39, 0.29) is 10.4 Å². The topological polar surface area (TPSA) is 21.3 Å². The number of rotatable bonds is 5. The van der Waals surface area contributed by atoms with Crippen LogP contribution in [0.15, 0.2) is 18.2 Å². The SMILES string of the molecule is CNCC(C)(C)COc1ccc(F)c(Cl)c1. The van der Waals surface area contributed by atoms with E-state index in [4.69, 9.17) is 16.3 Å². The van der Waals surface area contributed by atoms with Crippen LogP contribution in [0.25, 0.3) is 0 Å². The molecule has 0 bridgehead atoms. The fraction of sp³-hybridized carbons (Fsp3) is 0.500. The molecule has 0 aliphatic rings. The van der Waals surface area contributed by atoms with Gasteiger partial charge in [-0.05, 0) is 19.2 Å². The van der Waals surface area contributed by atoms with E-state index in [1.807, 2.05) is 7.05 Å². The second-order valence-electron chi connectivity index (χ2n) is 4.56. The monoisotopic (exact) mass is 245 g/mol. The summed E-state index contributed by atoms with van der Waals surface area (Å²) in [6.45, 7) is 5.58. The molecule has 0 heterocycles. The van der Waals surface area contributed by atoms with Crippen molar-refractivity contribution in [3.8, 4) is 5.75 Å². The molecule has 0 saturated carbocycles. The third kappa shape index (κ3) is 3.99. The lowest BCUT2D eigenvalue weighted by Gasteiger charge is -2.24. The molecule has 1 aromatic rings. The highest BCUT2D eigenvalue weighted by Crippen LogP contribution is 2.23. The van der Waals surface area contributed by atoms with Crippen molar-refractivity contribution in [1.29, 1.82) is 0 Å². The van der Waals surface area contributed by atoms with Gasteiger partial charge in [-0.3, -0.25) is 0 Å². The van der Waals surface area contributed by atoms with Crippen LogP contribution in [0.5, 0.6) is 5.75 Å². The van der Waals surface area contributed by atoms with E-state index < -0.39 is 5.82 Å². The number of ether oxygens (including phenoxy) is 1. The Labute approximate surface area is 101 Å². The molecule has 16 heavy (non-hydrogen) atoms. The van der Waals surface area contributed by atoms with E-state index in [0.29, 0.717) is 12.4 Å². The quantitative estimate of drug-likeness (QED) is 0.861. The Hall–Kier alpha value is -0.800. The first-order chi connectivity index (χ1) is 7.44. The van der Waals surface area contributed by atoms with Gasteiger partial charge in [-0.1, -0.05) is 25.4 Å². The van der Waals surface area contributed by atoms with Crippen LogP contribution < -0.4 is 10.1 Å². The highest BCUT2D eigenvalue weighted by atomic mass is 35.5. The number of benzene rings is 1. The molecule has 90 valence electrons. The van der Waals surface area contributed by atoms with E-state index in [1.54, 1.807) is 6.07 Å². The molecule has 1 N–H and O–H groups in total. The summed E-state index contributed by atoms with van der Waals surface area (Å²) in [5.74, 6) is 0.166. The maximum absolute atomic E-state index is 12.9. The number of hydrogen-bond donors (Lipinski definition) is 1. The fourth-order valence-corrected chi connectivity index (χ4v) is 1.55. The smallest absolute Gasteiger partial charge is 0.142 e. The molecule has 0 unspecified atom stereocenters. The van der Waals surface area contributed by atoms with Crippen LogP contribution in [0.4, 0.5) is 4.39 Å². The zero-order chi connectivity index (χ0) is 12.2. The Morgan fingerprint density at radius 1 is 1.44 bits per heavy atom. The van der Waals surface area contributed by atoms with Crippen molar-refractivity contribution in [3.05, 3.63) is 29.0 Å². The van der Waals surface area contributed by atoms with Crippen molar-refractivity contribution >= 4 is 11.6 Å². The van der Waals surface area contributed by atoms with E-state index in [0.717, 1.165) is 6.54 Å². The average molecular weight is 246 g/mol. The van der Waals surface area contributed by atoms with Crippen LogP contribution in [-0.2, 0) is 0 Å². The summed E-state index contributed by atoms with van der Waals surface area (Å²) in [6, 6.07) is 4.38. The van der Waals surface area contributed by atoms with E-state index in [2.05, 4.69) is 19.2 Å². The van der Waals surface area contributed by atoms with Crippen LogP contribution in [0.3, 0.4) is 0 Å². The van der Waals surface area contributed by atoms with Crippen molar-refractivity contribution in [1.82, 2.24) is 5.32 Å². The van der Waals surface area contributed by atoms with Gasteiger partial charge in [0.2, 0.25) is 0 Å². The maximum atomic E-state index is 12.9. The van der Waals surface area contributed by atoms with Crippen LogP contribution in [0.1, 0.15) is 13.8 Å². The van der Waals surface area contributed by atoms with Crippen molar-refractivity contribution in [2.45, 2.75) is 13.8 Å². The molecule has 0 fully saturated rings. The van der Waals surface area contributed by atoms with Gasteiger partial charge in [0, 0.05) is 18.0 Å². The van der Waals surface area contributed by atoms with E-state index in [1.165, 1.54) is 12.1 Å². The minimum absolute atomic E-state index is 0.0234. The summed E-state index contributed by atoms with van der Waals surface area (Å²) in [7, 11) is 1.90. The van der Waals surface area contributed by atoms with Gasteiger partial charge in [0.15, 0.2) is 0 Å². The van der Waals surface area contributed by atoms with Crippen molar-refractivity contribution in [3.63, 3.8) is 0 Å². The summed E-state index contributed by atoms with van der Waals surface area (Å²) in [4.78, 5) is 0. The molecule has 0 radical (unpaired) electrons. The predicted octanol–water partition coefficient (Wildman–Crippen LogP) is 3.10. The predicted molar refractivity (Wildman–Crippen MR) is 64.6 cm³/mol. The number of halogens is 2. The summed E-state index contributed by atoms with van der Waals surface area (Å²) < 4.78 is 18.5. The average Bonchev–Trinajstić information content (AvgIpc) is 2.20. The largest absolute Gasteiger partial charge is 0.493 e. The molecule has 1 rings (SSSR count). The Morgan fingerprint density at radius 2 is 2.12 bits per heavy atom. The molecule has 0 aromatic heterocycles. The lowest BCUT2D eigenvalue weighted by Crippen LogP contribution is -2.32. The van der Waals surface area contributed by atoms with Gasteiger partial charge in [-0.25, -0.2) is 4.39 Å².